The van der Waals surface area contributed by atoms with E-state index in [-0.39, 0.29) is 24.3 Å². The van der Waals surface area contributed by atoms with Crippen molar-refractivity contribution in [3.05, 3.63) is 35.5 Å². The van der Waals surface area contributed by atoms with E-state index in [0.29, 0.717) is 41.7 Å². The maximum atomic E-state index is 14.4. The third-order valence-electron chi connectivity index (χ3n) is 5.55. The summed E-state index contributed by atoms with van der Waals surface area (Å²) in [4.78, 5) is 29.8. The van der Waals surface area contributed by atoms with Crippen LogP contribution in [-0.4, -0.2) is 75.6 Å². The first-order valence-corrected chi connectivity index (χ1v) is 11.0. The van der Waals surface area contributed by atoms with Crippen LogP contribution in [0.1, 0.15) is 12.8 Å². The number of nitrogens with zero attached hydrogens (tertiary/aromatic N) is 4. The van der Waals surface area contributed by atoms with Crippen molar-refractivity contribution >= 4 is 34.5 Å². The Morgan fingerprint density at radius 2 is 2.30 bits per heavy atom. The molecular formula is C21H25ClFN7O3. The van der Waals surface area contributed by atoms with Gasteiger partial charge in [-0.3, -0.25) is 0 Å². The van der Waals surface area contributed by atoms with Crippen LogP contribution in [0.15, 0.2) is 24.7 Å². The van der Waals surface area contributed by atoms with Gasteiger partial charge in [0.25, 0.3) is 0 Å². The fraction of sp³-hybridized carbons (Fsp3) is 0.429. The normalized spacial score (nSPS) is 17.2. The van der Waals surface area contributed by atoms with Gasteiger partial charge in [-0.2, -0.15) is 0 Å². The summed E-state index contributed by atoms with van der Waals surface area (Å²) in [7, 11) is 1.36. The van der Waals surface area contributed by atoms with Crippen LogP contribution >= 0.6 is 11.6 Å². The summed E-state index contributed by atoms with van der Waals surface area (Å²) in [5.41, 5.74) is 1.30. The number of fused-ring (bicyclic) bond motifs is 1. The number of piperidine rings is 1. The smallest absolute Gasteiger partial charge is 0.317 e. The molecule has 1 aliphatic heterocycles. The van der Waals surface area contributed by atoms with Crippen molar-refractivity contribution < 1.29 is 19.0 Å². The third kappa shape index (κ3) is 5.49. The molecule has 1 saturated heterocycles. The number of rotatable bonds is 7. The van der Waals surface area contributed by atoms with Crippen LogP contribution in [-0.2, 0) is 4.74 Å². The number of nitrogens with one attached hydrogen (secondary N) is 3. The minimum Gasteiger partial charge on any atom is -0.367 e. The van der Waals surface area contributed by atoms with Gasteiger partial charge in [-0.15, -0.1) is 0 Å². The van der Waals surface area contributed by atoms with Gasteiger partial charge in [-0.25, -0.2) is 24.1 Å². The molecule has 176 valence electrons. The van der Waals surface area contributed by atoms with Crippen molar-refractivity contribution in [2.45, 2.75) is 19.1 Å². The zero-order valence-corrected chi connectivity index (χ0v) is 18.8. The van der Waals surface area contributed by atoms with Crippen molar-refractivity contribution in [2.24, 2.45) is 5.92 Å². The Balaban J connectivity index is 1.41. The first-order chi connectivity index (χ1) is 15.9. The minimum atomic E-state index is -1.05. The molecule has 0 aromatic carbocycles. The number of carbonyl (C=O) groups excluding carboxylic acids is 1. The van der Waals surface area contributed by atoms with Crippen LogP contribution in [0.3, 0.4) is 0 Å². The molecule has 1 aliphatic rings. The molecule has 2 unspecified atom stereocenters. The average Bonchev–Trinajstić information content (AvgIpc) is 3.25. The highest BCUT2D eigenvalue weighted by atomic mass is 35.5. The summed E-state index contributed by atoms with van der Waals surface area (Å²) in [5.74, 6) is -0.0100. The molecule has 4 N–H and O–H groups in total. The van der Waals surface area contributed by atoms with Crippen molar-refractivity contribution in [1.29, 1.82) is 0 Å². The lowest BCUT2D eigenvalue weighted by Crippen LogP contribution is -2.48. The van der Waals surface area contributed by atoms with Crippen LogP contribution < -0.4 is 10.6 Å². The van der Waals surface area contributed by atoms with Crippen molar-refractivity contribution in [3.63, 3.8) is 0 Å². The molecule has 0 radical (unpaired) electrons. The largest absolute Gasteiger partial charge is 0.367 e. The van der Waals surface area contributed by atoms with E-state index in [0.717, 1.165) is 24.4 Å². The van der Waals surface area contributed by atoms with E-state index < -0.39 is 12.1 Å². The second kappa shape index (κ2) is 10.3. The Hall–Kier alpha value is -3.02. The summed E-state index contributed by atoms with van der Waals surface area (Å²) in [6.45, 7) is 1.58. The standard InChI is InChI=1S/C21H25ClFN7O3/c1-33-17(31)10-28-21(32)30-4-2-3-12(11-30)6-24-20-16(23)9-27-19(29-20)15-8-26-18-14(15)5-13(22)7-25-18/h5,7-9,12,17,31H,2-4,6,10-11H2,1H3,(H,25,26)(H,28,32)(H,24,27,29). The van der Waals surface area contributed by atoms with E-state index in [1.165, 1.54) is 13.3 Å². The number of urea groups is 1. The lowest BCUT2D eigenvalue weighted by molar-refractivity contribution is -0.0695. The van der Waals surface area contributed by atoms with E-state index in [9.17, 15) is 14.3 Å². The van der Waals surface area contributed by atoms with Gasteiger partial charge in [0.05, 0.1) is 17.8 Å². The number of hydrogen-bond acceptors (Lipinski definition) is 7. The number of ether oxygens (including phenoxy) is 1. The van der Waals surface area contributed by atoms with E-state index in [1.54, 1.807) is 17.2 Å². The molecule has 2 atom stereocenters. The van der Waals surface area contributed by atoms with Gasteiger partial charge in [-0.1, -0.05) is 11.6 Å². The predicted octanol–water partition coefficient (Wildman–Crippen LogP) is 2.61. The number of pyridine rings is 1. The van der Waals surface area contributed by atoms with Gasteiger partial charge in [0, 0.05) is 50.1 Å². The molecule has 33 heavy (non-hydrogen) atoms. The molecule has 3 aromatic rings. The number of aliphatic hydroxyl groups is 1. The third-order valence-corrected chi connectivity index (χ3v) is 5.75. The molecule has 0 aliphatic carbocycles. The number of halogens is 2. The van der Waals surface area contributed by atoms with E-state index >= 15 is 0 Å². The fourth-order valence-corrected chi connectivity index (χ4v) is 3.97. The minimum absolute atomic E-state index is 0.0121. The van der Waals surface area contributed by atoms with E-state index in [2.05, 4.69) is 30.6 Å². The Morgan fingerprint density at radius 3 is 3.12 bits per heavy atom. The first kappa shape index (κ1) is 23.1. The predicted molar refractivity (Wildman–Crippen MR) is 121 cm³/mol. The molecule has 10 nitrogen and oxygen atoms in total. The van der Waals surface area contributed by atoms with Crippen molar-refractivity contribution in [1.82, 2.24) is 30.2 Å². The van der Waals surface area contributed by atoms with Gasteiger partial charge < -0.3 is 30.4 Å². The fourth-order valence-electron chi connectivity index (χ4n) is 3.81. The molecule has 0 saturated carbocycles. The molecule has 4 heterocycles. The number of H-pyrrole nitrogens is 1. The highest BCUT2D eigenvalue weighted by molar-refractivity contribution is 6.31. The zero-order valence-electron chi connectivity index (χ0n) is 18.0. The van der Waals surface area contributed by atoms with E-state index in [1.807, 2.05) is 0 Å². The first-order valence-electron chi connectivity index (χ1n) is 10.6. The number of anilines is 1. The number of aromatic amines is 1. The number of hydrogen-bond donors (Lipinski definition) is 4. The van der Waals surface area contributed by atoms with Crippen molar-refractivity contribution in [2.75, 3.05) is 38.6 Å². The SMILES string of the molecule is COC(O)CNC(=O)N1CCCC(CNc2nc(-c3c[nH]c4ncc(Cl)cc34)ncc2F)C1. The molecular weight excluding hydrogens is 453 g/mol. The zero-order chi connectivity index (χ0) is 23.4. The highest BCUT2D eigenvalue weighted by Crippen LogP contribution is 2.28. The molecule has 12 heteroatoms. The van der Waals surface area contributed by atoms with Crippen LogP contribution in [0.25, 0.3) is 22.4 Å². The van der Waals surface area contributed by atoms with E-state index in [4.69, 9.17) is 16.3 Å². The average molecular weight is 478 g/mol. The summed E-state index contributed by atoms with van der Waals surface area (Å²) in [6.07, 6.45) is 5.05. The highest BCUT2D eigenvalue weighted by Gasteiger charge is 2.24. The van der Waals surface area contributed by atoms with Crippen LogP contribution in [0, 0.1) is 11.7 Å². The van der Waals surface area contributed by atoms with Gasteiger partial charge in [0.15, 0.2) is 23.7 Å². The number of carbonyl (C=O) groups is 1. The summed E-state index contributed by atoms with van der Waals surface area (Å²) in [6, 6.07) is 1.49. The number of likely N-dealkylation sites (tertiary alicyclic amines) is 1. The lowest BCUT2D eigenvalue weighted by Gasteiger charge is -2.33. The molecule has 0 bridgehead atoms. The van der Waals surface area contributed by atoms with Gasteiger partial charge in [-0.05, 0) is 24.8 Å². The number of amides is 2. The molecule has 3 aromatic heterocycles. The van der Waals surface area contributed by atoms with Gasteiger partial charge in [0.2, 0.25) is 0 Å². The summed E-state index contributed by atoms with van der Waals surface area (Å²) >= 11 is 6.06. The van der Waals surface area contributed by atoms with Gasteiger partial charge in [0.1, 0.15) is 5.65 Å². The Morgan fingerprint density at radius 1 is 1.45 bits per heavy atom. The topological polar surface area (TPSA) is 128 Å². The lowest BCUT2D eigenvalue weighted by atomic mass is 9.98. The number of methoxy groups -OCH3 is 1. The van der Waals surface area contributed by atoms with Crippen LogP contribution in [0.2, 0.25) is 5.02 Å². The molecule has 2 amide bonds. The second-order valence-corrected chi connectivity index (χ2v) is 8.29. The van der Waals surface area contributed by atoms with Crippen LogP contribution in [0.5, 0.6) is 0 Å². The Kier molecular flexibility index (Phi) is 7.21. The molecule has 0 spiro atoms. The quantitative estimate of drug-likeness (QED) is 0.385. The second-order valence-electron chi connectivity index (χ2n) is 7.85. The Labute approximate surface area is 194 Å². The van der Waals surface area contributed by atoms with Crippen LogP contribution in [0.4, 0.5) is 15.0 Å². The monoisotopic (exact) mass is 477 g/mol. The maximum absolute atomic E-state index is 14.4. The van der Waals surface area contributed by atoms with Gasteiger partial charge >= 0.3 is 6.03 Å². The Bertz CT molecular complexity index is 1130. The number of aromatic nitrogens is 4. The summed E-state index contributed by atoms with van der Waals surface area (Å²) in [5, 5.41) is 16.4. The molecule has 1 fully saturated rings. The maximum Gasteiger partial charge on any atom is 0.317 e. The molecule has 4 rings (SSSR count). The van der Waals surface area contributed by atoms with Crippen molar-refractivity contribution in [3.8, 4) is 11.4 Å². The number of aliphatic hydroxyl groups excluding tert-OH is 1. The summed E-state index contributed by atoms with van der Waals surface area (Å²) < 4.78 is 19.1.